The smallest absolute Gasteiger partial charge is 0.262 e. The van der Waals surface area contributed by atoms with Crippen molar-refractivity contribution in [3.05, 3.63) is 56.2 Å². The van der Waals surface area contributed by atoms with Crippen molar-refractivity contribution in [2.24, 2.45) is 0 Å². The van der Waals surface area contributed by atoms with Gasteiger partial charge in [-0.2, -0.15) is 0 Å². The largest absolute Gasteiger partial charge is 0.349 e. The first kappa shape index (κ1) is 17.3. The minimum atomic E-state index is -0.0945. The number of benzene rings is 1. The van der Waals surface area contributed by atoms with Crippen LogP contribution in [0.3, 0.4) is 0 Å². The first-order valence-electron chi connectivity index (χ1n) is 7.00. The number of amides is 1. The zero-order valence-electron chi connectivity index (χ0n) is 12.2. The van der Waals surface area contributed by atoms with Crippen molar-refractivity contribution in [1.29, 1.82) is 0 Å². The second-order valence-electron chi connectivity index (χ2n) is 5.23. The highest BCUT2D eigenvalue weighted by Crippen LogP contribution is 2.27. The molecule has 0 radical (unpaired) electrons. The Balaban J connectivity index is 0.00000176. The highest BCUT2D eigenvalue weighted by molar-refractivity contribution is 7.13. The Morgan fingerprint density at radius 2 is 2.23 bits per heavy atom. The van der Waals surface area contributed by atoms with Crippen LogP contribution in [0.5, 0.6) is 0 Å². The van der Waals surface area contributed by atoms with Crippen molar-refractivity contribution >= 4 is 41.3 Å². The Bertz CT molecular complexity index is 672. The fraction of sp³-hybridized carbons (Fsp3) is 0.312. The lowest BCUT2D eigenvalue weighted by atomic mass is 9.94. The molecular weight excluding hydrogens is 339 g/mol. The molecule has 2 aromatic rings. The van der Waals surface area contributed by atoms with Gasteiger partial charge in [0.15, 0.2) is 0 Å². The fourth-order valence-corrected chi connectivity index (χ4v) is 3.83. The number of nitrogens with one attached hydrogen (secondary N) is 2. The lowest BCUT2D eigenvalue weighted by Gasteiger charge is -2.27. The van der Waals surface area contributed by atoms with E-state index in [9.17, 15) is 4.79 Å². The van der Waals surface area contributed by atoms with Gasteiger partial charge in [0.05, 0.1) is 5.02 Å². The highest BCUT2D eigenvalue weighted by Gasteiger charge is 2.21. The average molecular weight is 357 g/mol. The first-order valence-corrected chi connectivity index (χ1v) is 8.25. The van der Waals surface area contributed by atoms with Gasteiger partial charge in [0, 0.05) is 12.6 Å². The van der Waals surface area contributed by atoms with Gasteiger partial charge in [-0.15, -0.1) is 23.7 Å². The Morgan fingerprint density at radius 1 is 1.45 bits per heavy atom. The van der Waals surface area contributed by atoms with Crippen molar-refractivity contribution in [3.63, 3.8) is 0 Å². The lowest BCUT2D eigenvalue weighted by molar-refractivity contribution is 0.0953. The van der Waals surface area contributed by atoms with E-state index in [1.54, 1.807) is 0 Å². The zero-order chi connectivity index (χ0) is 14.8. The van der Waals surface area contributed by atoms with Gasteiger partial charge in [-0.3, -0.25) is 4.79 Å². The summed E-state index contributed by atoms with van der Waals surface area (Å²) in [5.41, 5.74) is 3.59. The van der Waals surface area contributed by atoms with Crippen molar-refractivity contribution in [3.8, 4) is 0 Å². The van der Waals surface area contributed by atoms with Crippen LogP contribution >= 0.6 is 35.3 Å². The molecule has 1 aromatic carbocycles. The molecule has 0 saturated heterocycles. The first-order chi connectivity index (χ1) is 10.2. The lowest BCUT2D eigenvalue weighted by Crippen LogP contribution is -2.38. The summed E-state index contributed by atoms with van der Waals surface area (Å²) in [4.78, 5) is 12.8. The molecule has 1 aliphatic rings. The summed E-state index contributed by atoms with van der Waals surface area (Å²) in [6, 6.07) is 8.55. The summed E-state index contributed by atoms with van der Waals surface area (Å²) in [7, 11) is 0. The average Bonchev–Trinajstić information content (AvgIpc) is 2.84. The van der Waals surface area contributed by atoms with Gasteiger partial charge in [0.2, 0.25) is 0 Å². The van der Waals surface area contributed by atoms with Crippen LogP contribution in [0.2, 0.25) is 5.02 Å². The molecule has 118 valence electrons. The molecule has 0 fully saturated rings. The molecule has 0 aliphatic carbocycles. The second-order valence-corrected chi connectivity index (χ2v) is 6.48. The number of thiophene rings is 1. The van der Waals surface area contributed by atoms with E-state index in [1.807, 2.05) is 18.4 Å². The summed E-state index contributed by atoms with van der Waals surface area (Å²) < 4.78 is 0. The van der Waals surface area contributed by atoms with E-state index in [0.717, 1.165) is 18.5 Å². The number of rotatable bonds is 3. The third-order valence-electron chi connectivity index (χ3n) is 3.79. The van der Waals surface area contributed by atoms with Crippen molar-refractivity contribution < 1.29 is 4.79 Å². The molecule has 1 atom stereocenters. The van der Waals surface area contributed by atoms with Crippen LogP contribution in [0.15, 0.2) is 29.6 Å². The number of hydrogen-bond acceptors (Lipinski definition) is 3. The third-order valence-corrected chi connectivity index (χ3v) is 5.48. The second kappa shape index (κ2) is 7.47. The van der Waals surface area contributed by atoms with Crippen molar-refractivity contribution in [2.75, 3.05) is 13.1 Å². The minimum Gasteiger partial charge on any atom is -0.349 e. The minimum absolute atomic E-state index is 0. The molecular formula is C16H18Cl2N2OS. The van der Waals surface area contributed by atoms with Gasteiger partial charge < -0.3 is 10.6 Å². The number of hydrogen-bond donors (Lipinski definition) is 2. The van der Waals surface area contributed by atoms with E-state index >= 15 is 0 Å². The molecule has 1 aliphatic heterocycles. The van der Waals surface area contributed by atoms with Crippen LogP contribution in [0.1, 0.15) is 32.4 Å². The van der Waals surface area contributed by atoms with Crippen molar-refractivity contribution in [2.45, 2.75) is 19.4 Å². The fourth-order valence-electron chi connectivity index (χ4n) is 2.63. The summed E-state index contributed by atoms with van der Waals surface area (Å²) in [5.74, 6) is -0.0945. The van der Waals surface area contributed by atoms with Gasteiger partial charge in [-0.1, -0.05) is 35.9 Å². The maximum atomic E-state index is 12.2. The zero-order valence-corrected chi connectivity index (χ0v) is 14.6. The third kappa shape index (κ3) is 3.46. The molecule has 22 heavy (non-hydrogen) atoms. The van der Waals surface area contributed by atoms with Crippen LogP contribution in [0.4, 0.5) is 0 Å². The van der Waals surface area contributed by atoms with E-state index in [-0.39, 0.29) is 24.4 Å². The van der Waals surface area contributed by atoms with Crippen LogP contribution in [-0.4, -0.2) is 19.0 Å². The van der Waals surface area contributed by atoms with E-state index in [2.05, 4.69) is 28.8 Å². The number of carbonyl (C=O) groups is 1. The van der Waals surface area contributed by atoms with Crippen molar-refractivity contribution in [1.82, 2.24) is 10.6 Å². The van der Waals surface area contributed by atoms with E-state index in [4.69, 9.17) is 11.6 Å². The summed E-state index contributed by atoms with van der Waals surface area (Å²) in [6.45, 7) is 3.42. The molecule has 3 rings (SSSR count). The summed E-state index contributed by atoms with van der Waals surface area (Å²) >= 11 is 7.53. The van der Waals surface area contributed by atoms with Gasteiger partial charge in [-0.25, -0.2) is 0 Å². The molecule has 0 spiro atoms. The number of fused-ring (bicyclic) bond motifs is 1. The molecule has 6 heteroatoms. The van der Waals surface area contributed by atoms with E-state index in [1.165, 1.54) is 22.5 Å². The van der Waals surface area contributed by atoms with Gasteiger partial charge >= 0.3 is 0 Å². The van der Waals surface area contributed by atoms with Gasteiger partial charge in [-0.05, 0) is 42.0 Å². The monoisotopic (exact) mass is 356 g/mol. The Morgan fingerprint density at radius 3 is 2.95 bits per heavy atom. The number of aryl methyl sites for hydroxylation is 1. The van der Waals surface area contributed by atoms with E-state index in [0.29, 0.717) is 16.4 Å². The molecule has 2 heterocycles. The van der Waals surface area contributed by atoms with Gasteiger partial charge in [0.1, 0.15) is 4.88 Å². The standard InChI is InChI=1S/C16H17ClN2OS.ClH/c1-10-9-21-15(14(10)17)16(20)19-8-13-12-5-3-2-4-11(12)6-7-18-13;/h2-5,9,13,18H,6-8H2,1H3,(H,19,20);1H. The number of halogens is 2. The predicted molar refractivity (Wildman–Crippen MR) is 94.5 cm³/mol. The molecule has 0 bridgehead atoms. The van der Waals surface area contributed by atoms with Crippen LogP contribution < -0.4 is 10.6 Å². The maximum Gasteiger partial charge on any atom is 0.262 e. The molecule has 1 aromatic heterocycles. The topological polar surface area (TPSA) is 41.1 Å². The molecule has 1 amide bonds. The quantitative estimate of drug-likeness (QED) is 0.879. The Kier molecular flexibility index (Phi) is 5.87. The highest BCUT2D eigenvalue weighted by atomic mass is 35.5. The maximum absolute atomic E-state index is 12.2. The number of carbonyl (C=O) groups excluding carboxylic acids is 1. The molecule has 0 saturated carbocycles. The molecule has 1 unspecified atom stereocenters. The molecule has 2 N–H and O–H groups in total. The van der Waals surface area contributed by atoms with Gasteiger partial charge in [0.25, 0.3) is 5.91 Å². The predicted octanol–water partition coefficient (Wildman–Crippen LogP) is 3.75. The Hall–Kier alpha value is -1.07. The summed E-state index contributed by atoms with van der Waals surface area (Å²) in [5, 5.41) is 8.92. The molecule has 3 nitrogen and oxygen atoms in total. The Labute approximate surface area is 145 Å². The van der Waals surface area contributed by atoms with Crippen LogP contribution in [-0.2, 0) is 6.42 Å². The summed E-state index contributed by atoms with van der Waals surface area (Å²) in [6.07, 6.45) is 1.04. The SMILES string of the molecule is Cc1csc(C(=O)NCC2NCCc3ccccc32)c1Cl.Cl. The normalized spacial score (nSPS) is 16.5. The van der Waals surface area contributed by atoms with E-state index < -0.39 is 0 Å². The van der Waals surface area contributed by atoms with Crippen LogP contribution in [0, 0.1) is 6.92 Å². The van der Waals surface area contributed by atoms with Crippen LogP contribution in [0.25, 0.3) is 0 Å².